The lowest BCUT2D eigenvalue weighted by Crippen LogP contribution is -2.30. The van der Waals surface area contributed by atoms with Crippen LogP contribution in [0.15, 0.2) is 54.7 Å². The topological polar surface area (TPSA) is 44.9 Å². The highest BCUT2D eigenvalue weighted by molar-refractivity contribution is 5.85. The number of nitrogens with one attached hydrogen (secondary N) is 2. The molecule has 0 unspecified atom stereocenters. The molecule has 1 amide bonds. The van der Waals surface area contributed by atoms with Crippen molar-refractivity contribution in [3.8, 4) is 0 Å². The van der Waals surface area contributed by atoms with Gasteiger partial charge >= 0.3 is 0 Å². The predicted molar refractivity (Wildman–Crippen MR) is 99.2 cm³/mol. The highest BCUT2D eigenvalue weighted by atomic mass is 16.1. The Balaban J connectivity index is 1.62. The Bertz CT molecular complexity index is 820. The van der Waals surface area contributed by atoms with Crippen LogP contribution in [0.1, 0.15) is 36.0 Å². The zero-order chi connectivity index (χ0) is 16.9. The van der Waals surface area contributed by atoms with Crippen LogP contribution in [0.5, 0.6) is 0 Å². The Labute approximate surface area is 143 Å². The maximum Gasteiger partial charge on any atom is 0.227 e. The number of amides is 1. The zero-order valence-electron chi connectivity index (χ0n) is 14.3. The molecule has 3 rings (SSSR count). The molecule has 0 aliphatic heterocycles. The molecule has 3 aromatic rings. The van der Waals surface area contributed by atoms with Crippen LogP contribution in [0.3, 0.4) is 0 Å². The molecule has 0 aliphatic rings. The van der Waals surface area contributed by atoms with Gasteiger partial charge in [0.1, 0.15) is 0 Å². The molecule has 1 atom stereocenters. The van der Waals surface area contributed by atoms with Crippen LogP contribution < -0.4 is 5.32 Å². The molecule has 0 radical (unpaired) electrons. The first-order chi connectivity index (χ1) is 11.7. The molecule has 0 spiro atoms. The van der Waals surface area contributed by atoms with Crippen LogP contribution >= 0.6 is 0 Å². The number of hydrogen-bond acceptors (Lipinski definition) is 1. The average molecular weight is 320 g/mol. The van der Waals surface area contributed by atoms with Gasteiger partial charge in [0.05, 0.1) is 5.92 Å². The molecule has 2 aromatic carbocycles. The fraction of sp³-hybridized carbons (Fsp3) is 0.286. The molecular weight excluding hydrogens is 296 g/mol. The van der Waals surface area contributed by atoms with Crippen LogP contribution in [-0.2, 0) is 11.2 Å². The first-order valence-corrected chi connectivity index (χ1v) is 8.58. The Kier molecular flexibility index (Phi) is 4.99. The van der Waals surface area contributed by atoms with Gasteiger partial charge in [-0.2, -0.15) is 0 Å². The summed E-state index contributed by atoms with van der Waals surface area (Å²) in [5.74, 6) is 0.0381. The van der Waals surface area contributed by atoms with E-state index in [0.29, 0.717) is 6.54 Å². The summed E-state index contributed by atoms with van der Waals surface area (Å²) in [6.07, 6.45) is 3.69. The summed E-state index contributed by atoms with van der Waals surface area (Å²) in [4.78, 5) is 15.8. The third-order valence-electron chi connectivity index (χ3n) is 4.54. The summed E-state index contributed by atoms with van der Waals surface area (Å²) in [6, 6.07) is 16.4. The standard InChI is InChI=1S/C21H24N2O/c1-3-18(16-7-5-4-6-8-16)21(24)22-12-11-17-14-23-20-10-9-15(2)13-19(17)20/h4-10,13-14,18,23H,3,11-12H2,1-2H3,(H,22,24)/t18-/m1/s1. The number of H-pyrrole nitrogens is 1. The van der Waals surface area contributed by atoms with Crippen molar-refractivity contribution in [2.45, 2.75) is 32.6 Å². The summed E-state index contributed by atoms with van der Waals surface area (Å²) in [6.45, 7) is 4.81. The minimum absolute atomic E-state index is 0.0728. The zero-order valence-corrected chi connectivity index (χ0v) is 14.3. The summed E-state index contributed by atoms with van der Waals surface area (Å²) >= 11 is 0. The van der Waals surface area contributed by atoms with Crippen LogP contribution in [0.25, 0.3) is 10.9 Å². The summed E-state index contributed by atoms with van der Waals surface area (Å²) in [7, 11) is 0. The minimum Gasteiger partial charge on any atom is -0.361 e. The number of aryl methyl sites for hydroxylation is 1. The molecule has 3 heteroatoms. The highest BCUT2D eigenvalue weighted by Crippen LogP contribution is 2.21. The second-order valence-electron chi connectivity index (χ2n) is 6.28. The number of aromatic amines is 1. The molecule has 0 saturated carbocycles. The van der Waals surface area contributed by atoms with E-state index >= 15 is 0 Å². The quantitative estimate of drug-likeness (QED) is 0.697. The number of rotatable bonds is 6. The van der Waals surface area contributed by atoms with E-state index in [9.17, 15) is 4.79 Å². The van der Waals surface area contributed by atoms with Gasteiger partial charge in [0, 0.05) is 23.6 Å². The Morgan fingerprint density at radius 2 is 1.96 bits per heavy atom. The van der Waals surface area contributed by atoms with Crippen molar-refractivity contribution in [2.75, 3.05) is 6.54 Å². The summed E-state index contributed by atoms with van der Waals surface area (Å²) < 4.78 is 0. The molecule has 124 valence electrons. The lowest BCUT2D eigenvalue weighted by molar-refractivity contribution is -0.122. The van der Waals surface area contributed by atoms with Crippen molar-refractivity contribution in [2.24, 2.45) is 0 Å². The van der Waals surface area contributed by atoms with E-state index < -0.39 is 0 Å². The summed E-state index contributed by atoms with van der Waals surface area (Å²) in [5.41, 5.74) is 4.74. The van der Waals surface area contributed by atoms with Crippen molar-refractivity contribution >= 4 is 16.8 Å². The second kappa shape index (κ2) is 7.35. The Morgan fingerprint density at radius 1 is 1.17 bits per heavy atom. The lowest BCUT2D eigenvalue weighted by Gasteiger charge is -2.15. The summed E-state index contributed by atoms with van der Waals surface area (Å²) in [5, 5.41) is 4.35. The molecule has 1 heterocycles. The van der Waals surface area contributed by atoms with Gasteiger partial charge in [-0.25, -0.2) is 0 Å². The van der Waals surface area contributed by atoms with Gasteiger partial charge in [0.2, 0.25) is 5.91 Å². The van der Waals surface area contributed by atoms with E-state index in [1.54, 1.807) is 0 Å². The fourth-order valence-electron chi connectivity index (χ4n) is 3.20. The van der Waals surface area contributed by atoms with Gasteiger partial charge in [0.15, 0.2) is 0 Å². The molecule has 0 fully saturated rings. The van der Waals surface area contributed by atoms with Gasteiger partial charge in [-0.15, -0.1) is 0 Å². The number of carbonyl (C=O) groups is 1. The van der Waals surface area contributed by atoms with Crippen LogP contribution in [0.4, 0.5) is 0 Å². The minimum atomic E-state index is -0.0728. The normalized spacial score (nSPS) is 12.2. The number of carbonyl (C=O) groups excluding carboxylic acids is 1. The maximum absolute atomic E-state index is 12.5. The number of hydrogen-bond donors (Lipinski definition) is 2. The average Bonchev–Trinajstić information content (AvgIpc) is 2.99. The molecule has 24 heavy (non-hydrogen) atoms. The molecule has 0 saturated heterocycles. The molecule has 1 aromatic heterocycles. The largest absolute Gasteiger partial charge is 0.361 e. The predicted octanol–water partition coefficient (Wildman–Crippen LogP) is 4.33. The number of aromatic nitrogens is 1. The van der Waals surface area contributed by atoms with E-state index in [2.05, 4.69) is 42.3 Å². The van der Waals surface area contributed by atoms with E-state index in [4.69, 9.17) is 0 Å². The smallest absolute Gasteiger partial charge is 0.227 e. The van der Waals surface area contributed by atoms with Gasteiger partial charge in [-0.05, 0) is 43.0 Å². The van der Waals surface area contributed by atoms with E-state index in [-0.39, 0.29) is 11.8 Å². The fourth-order valence-corrected chi connectivity index (χ4v) is 3.20. The third-order valence-corrected chi connectivity index (χ3v) is 4.54. The first kappa shape index (κ1) is 16.3. The van der Waals surface area contributed by atoms with Gasteiger partial charge in [0.25, 0.3) is 0 Å². The SMILES string of the molecule is CC[C@@H](C(=O)NCCc1c[nH]c2ccc(C)cc12)c1ccccc1. The van der Waals surface area contributed by atoms with Crippen molar-refractivity contribution in [3.63, 3.8) is 0 Å². The molecule has 0 aliphatic carbocycles. The third kappa shape index (κ3) is 3.51. The van der Waals surface area contributed by atoms with Gasteiger partial charge < -0.3 is 10.3 Å². The first-order valence-electron chi connectivity index (χ1n) is 8.58. The molecule has 2 N–H and O–H groups in total. The maximum atomic E-state index is 12.5. The van der Waals surface area contributed by atoms with E-state index in [1.165, 1.54) is 16.5 Å². The van der Waals surface area contributed by atoms with Crippen LogP contribution in [0.2, 0.25) is 0 Å². The highest BCUT2D eigenvalue weighted by Gasteiger charge is 2.17. The van der Waals surface area contributed by atoms with Gasteiger partial charge in [-0.3, -0.25) is 4.79 Å². The molecule has 3 nitrogen and oxygen atoms in total. The van der Waals surface area contributed by atoms with Crippen molar-refractivity contribution in [1.29, 1.82) is 0 Å². The Morgan fingerprint density at radius 3 is 2.71 bits per heavy atom. The van der Waals surface area contributed by atoms with Crippen molar-refractivity contribution < 1.29 is 4.79 Å². The number of benzene rings is 2. The van der Waals surface area contributed by atoms with E-state index in [0.717, 1.165) is 23.9 Å². The molecular formula is C21H24N2O. The second-order valence-corrected chi connectivity index (χ2v) is 6.28. The van der Waals surface area contributed by atoms with Crippen molar-refractivity contribution in [3.05, 3.63) is 71.4 Å². The Hall–Kier alpha value is -2.55. The molecule has 0 bridgehead atoms. The van der Waals surface area contributed by atoms with Crippen LogP contribution in [-0.4, -0.2) is 17.4 Å². The lowest BCUT2D eigenvalue weighted by atomic mass is 9.95. The van der Waals surface area contributed by atoms with Crippen molar-refractivity contribution in [1.82, 2.24) is 10.3 Å². The monoisotopic (exact) mass is 320 g/mol. The van der Waals surface area contributed by atoms with Gasteiger partial charge in [-0.1, -0.05) is 48.9 Å². The number of fused-ring (bicyclic) bond motifs is 1. The van der Waals surface area contributed by atoms with E-state index in [1.807, 2.05) is 36.5 Å². The van der Waals surface area contributed by atoms with Crippen LogP contribution in [0, 0.1) is 6.92 Å².